The third-order valence-electron chi connectivity index (χ3n) is 15.0. The summed E-state index contributed by atoms with van der Waals surface area (Å²) < 4.78 is 39.8. The van der Waals surface area contributed by atoms with Crippen molar-refractivity contribution in [2.45, 2.75) is 129 Å². The Kier molecular flexibility index (Phi) is 19.0. The third-order valence-corrected chi connectivity index (χ3v) is 15.0. The van der Waals surface area contributed by atoms with Crippen molar-refractivity contribution >= 4 is 35.1 Å². The van der Waals surface area contributed by atoms with Crippen LogP contribution in [0.5, 0.6) is 11.6 Å². The fourth-order valence-corrected chi connectivity index (χ4v) is 10.5. The number of hydrogen-bond acceptors (Lipinski definition) is 14. The molecular formula is C60H73FN10O9. The fraction of sp³-hybridized carbons (Fsp3) is 0.467. The van der Waals surface area contributed by atoms with E-state index in [4.69, 9.17) is 24.7 Å². The van der Waals surface area contributed by atoms with Gasteiger partial charge in [-0.15, -0.1) is 0 Å². The maximum absolute atomic E-state index is 14.7. The second-order valence-electron chi connectivity index (χ2n) is 21.8. The van der Waals surface area contributed by atoms with Gasteiger partial charge in [-0.25, -0.2) is 9.37 Å². The van der Waals surface area contributed by atoms with E-state index in [9.17, 15) is 33.6 Å². The summed E-state index contributed by atoms with van der Waals surface area (Å²) in [5.41, 5.74) is 11.8. The van der Waals surface area contributed by atoms with Crippen LogP contribution >= 0.6 is 0 Å². The van der Waals surface area contributed by atoms with Gasteiger partial charge >= 0.3 is 0 Å². The first-order valence-electron chi connectivity index (χ1n) is 27.4. The van der Waals surface area contributed by atoms with Gasteiger partial charge in [-0.05, 0) is 117 Å². The van der Waals surface area contributed by atoms with Crippen LogP contribution in [-0.4, -0.2) is 119 Å². The summed E-state index contributed by atoms with van der Waals surface area (Å²) in [4.78, 5) is 76.9. The zero-order valence-corrected chi connectivity index (χ0v) is 46.7. The van der Waals surface area contributed by atoms with Gasteiger partial charge in [-0.2, -0.15) is 10.4 Å². The van der Waals surface area contributed by atoms with Gasteiger partial charge in [0.15, 0.2) is 5.69 Å². The summed E-state index contributed by atoms with van der Waals surface area (Å²) in [5.74, 6) is -1.20. The Bertz CT molecular complexity index is 3130. The molecule has 80 heavy (non-hydrogen) atoms. The Balaban J connectivity index is 0.814. The first-order valence-corrected chi connectivity index (χ1v) is 27.4. The van der Waals surface area contributed by atoms with Crippen molar-refractivity contribution in [2.24, 2.45) is 5.41 Å². The number of fused-ring (bicyclic) bond motifs is 7. The number of likely N-dealkylation sites (N-methyl/N-ethyl adjacent to an activating group) is 1. The molecule has 0 unspecified atom stereocenters. The molecule has 3 aliphatic rings. The van der Waals surface area contributed by atoms with Crippen molar-refractivity contribution in [2.75, 3.05) is 52.9 Å². The van der Waals surface area contributed by atoms with Gasteiger partial charge in [0.05, 0.1) is 67.7 Å². The van der Waals surface area contributed by atoms with Gasteiger partial charge in [-0.3, -0.25) is 28.7 Å². The van der Waals surface area contributed by atoms with E-state index in [0.29, 0.717) is 34.7 Å². The van der Waals surface area contributed by atoms with E-state index in [1.54, 1.807) is 49.7 Å². The van der Waals surface area contributed by atoms with Gasteiger partial charge < -0.3 is 50.4 Å². The van der Waals surface area contributed by atoms with Gasteiger partial charge in [0.25, 0.3) is 5.91 Å². The van der Waals surface area contributed by atoms with Crippen molar-refractivity contribution < 1.29 is 47.3 Å². The molecule has 8 rings (SSSR count). The Morgan fingerprint density at radius 2 is 1.70 bits per heavy atom. The SMILES string of the molecule is CN[C@H](C)C(=O)N[C@@H](C(=O)N1Cc2cc(OCCOCCOCCC(=O)CCCn3nc(C#N)c4c3CN(C)C(=O)c3ccc(F)cc3[C@@H](C)Oc3nc-4ccc3N)ccc2C[C@@H]1C(=O)N[C@H]1CCCc2ccccc21)C(C)(C)C. The molecule has 20 heteroatoms. The Labute approximate surface area is 466 Å². The molecule has 5 aromatic rings. The molecule has 2 aromatic heterocycles. The van der Waals surface area contributed by atoms with Crippen molar-refractivity contribution in [3.63, 3.8) is 0 Å². The van der Waals surface area contributed by atoms with E-state index in [1.165, 1.54) is 28.7 Å². The lowest BCUT2D eigenvalue weighted by Gasteiger charge is -2.41. The van der Waals surface area contributed by atoms with Crippen LogP contribution in [-0.2, 0) is 61.1 Å². The molecule has 4 heterocycles. The molecule has 0 radical (unpaired) electrons. The molecule has 0 fully saturated rings. The summed E-state index contributed by atoms with van der Waals surface area (Å²) in [6.07, 6.45) is 2.98. The number of Topliss-reactive ketones (excluding diaryl/α,β-unsaturated/α-hetero) is 1. The first-order chi connectivity index (χ1) is 38.3. The van der Waals surface area contributed by atoms with Crippen LogP contribution in [0.15, 0.2) is 72.8 Å². The number of carbonyl (C=O) groups is 5. The minimum Gasteiger partial charge on any atom is -0.491 e. The molecular weight excluding hydrogens is 1020 g/mol. The normalized spacial score (nSPS) is 17.6. The van der Waals surface area contributed by atoms with Crippen LogP contribution in [0.4, 0.5) is 10.1 Å². The number of nitrogen functional groups attached to an aromatic ring is 1. The number of pyridine rings is 1. The highest BCUT2D eigenvalue weighted by molar-refractivity contribution is 5.96. The fourth-order valence-electron chi connectivity index (χ4n) is 10.5. The van der Waals surface area contributed by atoms with Crippen LogP contribution in [0.25, 0.3) is 11.3 Å². The number of nitrogens with zero attached hydrogens (tertiary/aromatic N) is 6. The van der Waals surface area contributed by atoms with Crippen LogP contribution in [0.3, 0.4) is 0 Å². The predicted molar refractivity (Wildman–Crippen MR) is 296 cm³/mol. The molecule has 19 nitrogen and oxygen atoms in total. The quantitative estimate of drug-likeness (QED) is 0.0593. The lowest BCUT2D eigenvalue weighted by Crippen LogP contribution is -2.62. The zero-order chi connectivity index (χ0) is 57.3. The van der Waals surface area contributed by atoms with Crippen molar-refractivity contribution in [1.82, 2.24) is 40.5 Å². The van der Waals surface area contributed by atoms with Crippen LogP contribution in [0.1, 0.15) is 128 Å². The molecule has 1 aliphatic carbocycles. The van der Waals surface area contributed by atoms with Crippen LogP contribution < -0.4 is 31.2 Å². The van der Waals surface area contributed by atoms with E-state index in [0.717, 1.165) is 36.0 Å². The first kappa shape index (κ1) is 58.4. The minimum absolute atomic E-state index is 0.0231. The number of ketones is 1. The van der Waals surface area contributed by atoms with E-state index in [-0.39, 0.29) is 124 Å². The Morgan fingerprint density at radius 1 is 0.938 bits per heavy atom. The largest absolute Gasteiger partial charge is 0.491 e. The van der Waals surface area contributed by atoms with Crippen LogP contribution in [0.2, 0.25) is 0 Å². The van der Waals surface area contributed by atoms with Gasteiger partial charge in [0.2, 0.25) is 23.6 Å². The molecule has 5 N–H and O–H groups in total. The minimum atomic E-state index is -0.907. The summed E-state index contributed by atoms with van der Waals surface area (Å²) in [7, 11) is 3.29. The van der Waals surface area contributed by atoms with E-state index in [1.807, 2.05) is 51.1 Å². The number of nitrogens with two attached hydrogens (primary N) is 1. The number of anilines is 1. The number of carbonyl (C=O) groups excluding carboxylic acids is 5. The molecule has 3 aromatic carbocycles. The number of nitrogens with one attached hydrogen (secondary N) is 3. The molecule has 2 bridgehead atoms. The summed E-state index contributed by atoms with van der Waals surface area (Å²) in [6, 6.07) is 20.7. The predicted octanol–water partition coefficient (Wildman–Crippen LogP) is 6.70. The van der Waals surface area contributed by atoms with Crippen molar-refractivity contribution in [3.8, 4) is 29.0 Å². The molecule has 424 valence electrons. The van der Waals surface area contributed by atoms with Crippen molar-refractivity contribution in [1.29, 1.82) is 5.26 Å². The maximum atomic E-state index is 14.7. The summed E-state index contributed by atoms with van der Waals surface area (Å²) >= 11 is 0. The number of halogens is 1. The Hall–Kier alpha value is -7.73. The lowest BCUT2D eigenvalue weighted by atomic mass is 9.83. The molecule has 0 spiro atoms. The molecule has 0 saturated heterocycles. The number of amides is 4. The highest BCUT2D eigenvalue weighted by atomic mass is 19.1. The molecule has 4 amide bonds. The summed E-state index contributed by atoms with van der Waals surface area (Å²) in [6.45, 7) is 10.8. The topological polar surface area (TPSA) is 245 Å². The maximum Gasteiger partial charge on any atom is 0.254 e. The Morgan fingerprint density at radius 3 is 2.46 bits per heavy atom. The van der Waals surface area contributed by atoms with Gasteiger partial charge in [0.1, 0.15) is 48.2 Å². The summed E-state index contributed by atoms with van der Waals surface area (Å²) in [5, 5.41) is 24.0. The highest BCUT2D eigenvalue weighted by Gasteiger charge is 2.43. The highest BCUT2D eigenvalue weighted by Crippen LogP contribution is 2.37. The van der Waals surface area contributed by atoms with Crippen molar-refractivity contribution in [3.05, 3.63) is 123 Å². The van der Waals surface area contributed by atoms with Crippen LogP contribution in [0, 0.1) is 22.6 Å². The number of aryl methyl sites for hydroxylation is 2. The number of nitriles is 1. The van der Waals surface area contributed by atoms with E-state index >= 15 is 0 Å². The van der Waals surface area contributed by atoms with E-state index < -0.39 is 41.4 Å². The number of hydrogen-bond donors (Lipinski definition) is 4. The van der Waals surface area contributed by atoms with E-state index in [2.05, 4.69) is 44.2 Å². The molecule has 2 aliphatic heterocycles. The second-order valence-corrected chi connectivity index (χ2v) is 21.8. The molecule has 5 atom stereocenters. The standard InChI is InChI=1S/C60H73FN10O9/c1-36(64-6)55(73)67-54(60(3,4)5)59(76)70-34-40-30-43(19-17-39(40)31-51(70)56(74)65-48-16-10-13-38-12-8-9-15-44(38)48)79-29-28-78-27-26-77-25-23-42(72)14-11-24-71-52-35-69(7)58(75)45-20-18-41(61)32-46(45)37(2)80-57-47(63)21-22-49(66-57)53(52)50(33-62)68-71/h8-9,12,15,17-22,30,32,36-37,48,51,54,64H,10-11,13-14,16,23-29,31,34-35,63H2,1-7H3,(H,65,74)(H,67,73)/t36-,37-,48+,51-,54+/m1/s1. The van der Waals surface area contributed by atoms with Gasteiger partial charge in [0, 0.05) is 50.5 Å². The second kappa shape index (κ2) is 26.0. The number of ether oxygens (including phenoxy) is 4. The smallest absolute Gasteiger partial charge is 0.254 e. The third kappa shape index (κ3) is 13.8. The number of benzene rings is 3. The average molecular weight is 1100 g/mol. The number of aromatic nitrogens is 3. The van der Waals surface area contributed by atoms with Gasteiger partial charge in [-0.1, -0.05) is 51.1 Å². The molecule has 0 saturated carbocycles. The lowest BCUT2D eigenvalue weighted by molar-refractivity contribution is -0.147. The zero-order valence-electron chi connectivity index (χ0n) is 46.7. The number of rotatable bonds is 20. The average Bonchev–Trinajstić information content (AvgIpc) is 3.81. The monoisotopic (exact) mass is 1100 g/mol.